The van der Waals surface area contributed by atoms with Gasteiger partial charge in [0, 0.05) is 11.7 Å². The fourth-order valence-electron chi connectivity index (χ4n) is 2.55. The summed E-state index contributed by atoms with van der Waals surface area (Å²) in [5.41, 5.74) is -0.679. The summed E-state index contributed by atoms with van der Waals surface area (Å²) in [4.78, 5) is 11.1. The molecule has 0 radical (unpaired) electrons. The fourth-order valence-corrected chi connectivity index (χ4v) is 2.55. The van der Waals surface area contributed by atoms with Gasteiger partial charge in [0.25, 0.3) is 0 Å². The van der Waals surface area contributed by atoms with Gasteiger partial charge in [0.05, 0.1) is 5.56 Å². The number of benzene rings is 1. The minimum absolute atomic E-state index is 0.0282. The first-order valence-corrected chi connectivity index (χ1v) is 7.89. The molecule has 0 amide bonds. The van der Waals surface area contributed by atoms with Crippen molar-refractivity contribution in [3.63, 3.8) is 0 Å². The summed E-state index contributed by atoms with van der Waals surface area (Å²) < 4.78 is 78.8. The van der Waals surface area contributed by atoms with E-state index in [4.69, 9.17) is 0 Å². The molecule has 2 aromatic heterocycles. The molecule has 1 aromatic carbocycles. The van der Waals surface area contributed by atoms with Crippen molar-refractivity contribution in [2.75, 3.05) is 5.32 Å². The molecule has 1 saturated carbocycles. The summed E-state index contributed by atoms with van der Waals surface area (Å²) in [6, 6.07) is 4.01. The zero-order valence-electron chi connectivity index (χ0n) is 13.4. The van der Waals surface area contributed by atoms with Crippen LogP contribution in [0.5, 0.6) is 0 Å². The van der Waals surface area contributed by atoms with Crippen LogP contribution in [-0.4, -0.2) is 25.6 Å². The van der Waals surface area contributed by atoms with Crippen molar-refractivity contribution in [3.05, 3.63) is 42.0 Å². The Balaban J connectivity index is 1.84. The van der Waals surface area contributed by atoms with Gasteiger partial charge in [-0.25, -0.2) is 15.0 Å². The standard InChI is InChI=1S/C16H11F6N5/c17-15(18,19)8-1-5-10(6-2-8)27-7-23-11-12(24-9-3-4-9)25-14(16(20,21)22)26-13(11)27/h1-2,5-7,9H,3-4H2,(H,24,25,26). The van der Waals surface area contributed by atoms with E-state index in [2.05, 4.69) is 20.3 Å². The van der Waals surface area contributed by atoms with Crippen molar-refractivity contribution in [1.29, 1.82) is 0 Å². The highest BCUT2D eigenvalue weighted by Gasteiger charge is 2.37. The molecule has 0 bridgehead atoms. The molecule has 0 atom stereocenters. The van der Waals surface area contributed by atoms with Crippen LogP contribution >= 0.6 is 0 Å². The summed E-state index contributed by atoms with van der Waals surface area (Å²) in [6.45, 7) is 0. The normalized spacial score (nSPS) is 15.3. The van der Waals surface area contributed by atoms with Crippen LogP contribution in [0.25, 0.3) is 16.9 Å². The van der Waals surface area contributed by atoms with Crippen molar-refractivity contribution in [2.24, 2.45) is 0 Å². The Bertz CT molecular complexity index is 985. The quantitative estimate of drug-likeness (QED) is 0.676. The number of alkyl halides is 6. The smallest absolute Gasteiger partial charge is 0.365 e. The second-order valence-corrected chi connectivity index (χ2v) is 6.14. The second-order valence-electron chi connectivity index (χ2n) is 6.14. The third kappa shape index (κ3) is 3.40. The van der Waals surface area contributed by atoms with E-state index in [1.54, 1.807) is 0 Å². The van der Waals surface area contributed by atoms with Crippen LogP contribution in [0.4, 0.5) is 32.2 Å². The Morgan fingerprint density at radius 1 is 0.926 bits per heavy atom. The number of hydrogen-bond acceptors (Lipinski definition) is 4. The molecular formula is C16H11F6N5. The van der Waals surface area contributed by atoms with E-state index in [9.17, 15) is 26.3 Å². The lowest BCUT2D eigenvalue weighted by molar-refractivity contribution is -0.144. The Labute approximate surface area is 148 Å². The van der Waals surface area contributed by atoms with Crippen molar-refractivity contribution in [1.82, 2.24) is 19.5 Å². The van der Waals surface area contributed by atoms with E-state index in [0.29, 0.717) is 0 Å². The van der Waals surface area contributed by atoms with E-state index in [-0.39, 0.29) is 28.7 Å². The predicted molar refractivity (Wildman–Crippen MR) is 83.3 cm³/mol. The largest absolute Gasteiger partial charge is 0.451 e. The monoisotopic (exact) mass is 387 g/mol. The van der Waals surface area contributed by atoms with Crippen molar-refractivity contribution < 1.29 is 26.3 Å². The highest BCUT2D eigenvalue weighted by molar-refractivity contribution is 5.84. The van der Waals surface area contributed by atoms with Crippen LogP contribution in [0.2, 0.25) is 0 Å². The zero-order chi connectivity index (χ0) is 19.4. The number of fused-ring (bicyclic) bond motifs is 1. The molecule has 0 aliphatic heterocycles. The van der Waals surface area contributed by atoms with Crippen LogP contribution in [0.15, 0.2) is 30.6 Å². The summed E-state index contributed by atoms with van der Waals surface area (Å²) in [5.74, 6) is -1.38. The topological polar surface area (TPSA) is 55.6 Å². The summed E-state index contributed by atoms with van der Waals surface area (Å²) >= 11 is 0. The third-order valence-corrected chi connectivity index (χ3v) is 4.04. The Morgan fingerprint density at radius 2 is 1.59 bits per heavy atom. The van der Waals surface area contributed by atoms with Gasteiger partial charge in [0.2, 0.25) is 5.82 Å². The maximum Gasteiger partial charge on any atom is 0.451 e. The molecule has 1 aliphatic rings. The molecule has 1 aliphatic carbocycles. The SMILES string of the molecule is FC(F)(F)c1ccc(-n2cnc3c(NC4CC4)nc(C(F)(F)F)nc32)cc1. The summed E-state index contributed by atoms with van der Waals surface area (Å²) in [6.07, 6.45) is -6.45. The Kier molecular flexibility index (Phi) is 3.79. The maximum atomic E-state index is 13.2. The minimum atomic E-state index is -4.77. The van der Waals surface area contributed by atoms with E-state index in [1.165, 1.54) is 10.9 Å². The van der Waals surface area contributed by atoms with Gasteiger partial charge in [-0.05, 0) is 37.1 Å². The van der Waals surface area contributed by atoms with Crippen molar-refractivity contribution in [3.8, 4) is 5.69 Å². The van der Waals surface area contributed by atoms with Crippen LogP contribution in [0, 0.1) is 0 Å². The number of nitrogens with zero attached hydrogens (tertiary/aromatic N) is 4. The van der Waals surface area contributed by atoms with Gasteiger partial charge in [-0.1, -0.05) is 0 Å². The number of aromatic nitrogens is 4. The molecule has 0 saturated heterocycles. The number of hydrogen-bond donors (Lipinski definition) is 1. The number of nitrogens with one attached hydrogen (secondary N) is 1. The van der Waals surface area contributed by atoms with Crippen LogP contribution in [0.1, 0.15) is 24.2 Å². The lowest BCUT2D eigenvalue weighted by Crippen LogP contribution is -2.15. The summed E-state index contributed by atoms with van der Waals surface area (Å²) in [5, 5.41) is 2.89. The van der Waals surface area contributed by atoms with Crippen LogP contribution < -0.4 is 5.32 Å². The van der Waals surface area contributed by atoms with Gasteiger partial charge in [0.15, 0.2) is 17.0 Å². The molecule has 1 fully saturated rings. The Hall–Kier alpha value is -2.85. The number of anilines is 1. The van der Waals surface area contributed by atoms with Crippen molar-refractivity contribution >= 4 is 17.0 Å². The van der Waals surface area contributed by atoms with Gasteiger partial charge >= 0.3 is 12.4 Å². The van der Waals surface area contributed by atoms with Crippen molar-refractivity contribution in [2.45, 2.75) is 31.2 Å². The zero-order valence-corrected chi connectivity index (χ0v) is 13.4. The number of rotatable bonds is 3. The van der Waals surface area contributed by atoms with Crippen LogP contribution in [0.3, 0.4) is 0 Å². The number of halogens is 6. The molecule has 0 spiro atoms. The van der Waals surface area contributed by atoms with E-state index in [0.717, 1.165) is 37.1 Å². The Morgan fingerprint density at radius 3 is 2.15 bits per heavy atom. The molecule has 142 valence electrons. The minimum Gasteiger partial charge on any atom is -0.365 e. The lowest BCUT2D eigenvalue weighted by atomic mass is 10.2. The predicted octanol–water partition coefficient (Wildman–Crippen LogP) is 4.43. The summed E-state index contributed by atoms with van der Waals surface area (Å²) in [7, 11) is 0. The maximum absolute atomic E-state index is 13.2. The molecule has 0 unspecified atom stereocenters. The molecule has 1 N–H and O–H groups in total. The highest BCUT2D eigenvalue weighted by Crippen LogP contribution is 2.34. The van der Waals surface area contributed by atoms with Gasteiger partial charge in [0.1, 0.15) is 6.33 Å². The average molecular weight is 387 g/mol. The lowest BCUT2D eigenvalue weighted by Gasteiger charge is -2.11. The average Bonchev–Trinajstić information content (AvgIpc) is 3.29. The fraction of sp³-hybridized carbons (Fsp3) is 0.312. The van der Waals surface area contributed by atoms with E-state index >= 15 is 0 Å². The molecule has 27 heavy (non-hydrogen) atoms. The third-order valence-electron chi connectivity index (χ3n) is 4.04. The van der Waals surface area contributed by atoms with Crippen LogP contribution in [-0.2, 0) is 12.4 Å². The number of imidazole rings is 1. The molecule has 5 nitrogen and oxygen atoms in total. The van der Waals surface area contributed by atoms with E-state index < -0.39 is 23.7 Å². The molecular weight excluding hydrogens is 376 g/mol. The molecule has 2 heterocycles. The van der Waals surface area contributed by atoms with Gasteiger partial charge in [-0.15, -0.1) is 0 Å². The first kappa shape index (κ1) is 17.6. The molecule has 4 rings (SSSR count). The second kappa shape index (κ2) is 5.83. The van der Waals surface area contributed by atoms with Gasteiger partial charge in [-0.2, -0.15) is 26.3 Å². The highest BCUT2D eigenvalue weighted by atomic mass is 19.4. The first-order chi connectivity index (χ1) is 12.6. The molecule has 3 aromatic rings. The van der Waals surface area contributed by atoms with E-state index in [1.807, 2.05) is 0 Å². The van der Waals surface area contributed by atoms with Gasteiger partial charge in [-0.3, -0.25) is 4.57 Å². The first-order valence-electron chi connectivity index (χ1n) is 7.89. The molecule has 11 heteroatoms. The van der Waals surface area contributed by atoms with Gasteiger partial charge < -0.3 is 5.32 Å².